The molecule has 0 aliphatic rings. The minimum Gasteiger partial charge on any atom is -0.496 e. The molecule has 1 aromatic rings. The lowest BCUT2D eigenvalue weighted by atomic mass is 10.3. The highest BCUT2D eigenvalue weighted by atomic mass is 79.9. The van der Waals surface area contributed by atoms with Gasteiger partial charge in [0.15, 0.2) is 0 Å². The minimum absolute atomic E-state index is 0.151. The molecule has 0 heterocycles. The Morgan fingerprint density at radius 2 is 1.76 bits per heavy atom. The van der Waals surface area contributed by atoms with Crippen LogP contribution in [-0.2, 0) is 4.79 Å². The Hall–Kier alpha value is -0.890. The molecule has 0 spiro atoms. The van der Waals surface area contributed by atoms with E-state index in [1.807, 2.05) is 0 Å². The largest absolute Gasteiger partial charge is 0.501 e. The summed E-state index contributed by atoms with van der Waals surface area (Å²) in [5, 5.41) is 8.24. The summed E-state index contributed by atoms with van der Waals surface area (Å²) in [6.45, 7) is 0. The lowest BCUT2D eigenvalue weighted by Gasteiger charge is -2.15. The van der Waals surface area contributed by atoms with Crippen LogP contribution in [0.25, 0.3) is 0 Å². The monoisotopic (exact) mass is 374 g/mol. The lowest BCUT2D eigenvalue weighted by Crippen LogP contribution is -2.34. The average molecular weight is 376 g/mol. The van der Waals surface area contributed by atoms with Gasteiger partial charge in [0.2, 0.25) is 0 Å². The van der Waals surface area contributed by atoms with E-state index in [0.717, 1.165) is 0 Å². The molecule has 94 valence electrons. The standard InChI is InChI=1S/C9H6Br2F2O4/c1-16-6-2-5(11)7(3-4(6)10)17-9(12,13)8(14)15/h2-3H,1H3,(H,14,15). The molecule has 0 aliphatic carbocycles. The Kier molecular flexibility index (Phi) is 4.31. The minimum atomic E-state index is -4.30. The van der Waals surface area contributed by atoms with E-state index in [1.165, 1.54) is 19.2 Å². The molecule has 0 aliphatic heterocycles. The van der Waals surface area contributed by atoms with Crippen molar-refractivity contribution in [2.45, 2.75) is 6.11 Å². The molecule has 0 fully saturated rings. The predicted molar refractivity (Wildman–Crippen MR) is 61.6 cm³/mol. The third-order valence-corrected chi connectivity index (χ3v) is 2.93. The van der Waals surface area contributed by atoms with Crippen molar-refractivity contribution in [3.05, 3.63) is 21.1 Å². The molecular weight excluding hydrogens is 370 g/mol. The smallest absolute Gasteiger partial charge is 0.496 e. The Balaban J connectivity index is 3.08. The molecule has 1 N–H and O–H groups in total. The number of methoxy groups -OCH3 is 1. The molecule has 0 atom stereocenters. The van der Waals surface area contributed by atoms with Crippen molar-refractivity contribution < 1.29 is 28.2 Å². The number of ether oxygens (including phenoxy) is 2. The summed E-state index contributed by atoms with van der Waals surface area (Å²) < 4.78 is 35.2. The van der Waals surface area contributed by atoms with Gasteiger partial charge in [-0.15, -0.1) is 0 Å². The van der Waals surface area contributed by atoms with Crippen molar-refractivity contribution in [1.29, 1.82) is 0 Å². The highest BCUT2D eigenvalue weighted by Crippen LogP contribution is 2.38. The Labute approximate surface area is 112 Å². The topological polar surface area (TPSA) is 55.8 Å². The molecule has 0 radical (unpaired) electrons. The number of hydrogen-bond acceptors (Lipinski definition) is 3. The number of halogens is 4. The molecule has 17 heavy (non-hydrogen) atoms. The second-order valence-corrected chi connectivity index (χ2v) is 4.55. The van der Waals surface area contributed by atoms with Crippen LogP contribution in [0.5, 0.6) is 11.5 Å². The fourth-order valence-corrected chi connectivity index (χ4v) is 1.81. The quantitative estimate of drug-likeness (QED) is 0.877. The van der Waals surface area contributed by atoms with Crippen molar-refractivity contribution in [1.82, 2.24) is 0 Å². The summed E-state index contributed by atoms with van der Waals surface area (Å²) in [6.07, 6.45) is -4.30. The normalized spacial score (nSPS) is 11.1. The zero-order valence-corrected chi connectivity index (χ0v) is 11.5. The zero-order valence-electron chi connectivity index (χ0n) is 8.34. The molecule has 0 aromatic heterocycles. The molecule has 1 aromatic carbocycles. The molecule has 4 nitrogen and oxygen atoms in total. The zero-order chi connectivity index (χ0) is 13.2. The number of hydrogen-bond donors (Lipinski definition) is 1. The first kappa shape index (κ1) is 14.2. The molecule has 0 saturated heterocycles. The molecule has 8 heteroatoms. The Bertz CT molecular complexity index is 451. The Morgan fingerprint density at radius 3 is 2.24 bits per heavy atom. The van der Waals surface area contributed by atoms with Gasteiger partial charge in [-0.25, -0.2) is 4.79 Å². The summed E-state index contributed by atoms with van der Waals surface area (Å²) in [4.78, 5) is 10.2. The second-order valence-electron chi connectivity index (χ2n) is 2.84. The lowest BCUT2D eigenvalue weighted by molar-refractivity contribution is -0.211. The molecule has 0 unspecified atom stereocenters. The predicted octanol–water partition coefficient (Wildman–Crippen LogP) is 3.28. The van der Waals surface area contributed by atoms with Gasteiger partial charge < -0.3 is 14.6 Å². The van der Waals surface area contributed by atoms with E-state index >= 15 is 0 Å². The van der Waals surface area contributed by atoms with Gasteiger partial charge in [0, 0.05) is 0 Å². The third-order valence-electron chi connectivity index (χ3n) is 1.69. The van der Waals surface area contributed by atoms with Gasteiger partial charge in [-0.05, 0) is 44.0 Å². The van der Waals surface area contributed by atoms with Crippen molar-refractivity contribution >= 4 is 37.8 Å². The SMILES string of the molecule is COc1cc(Br)c(OC(F)(F)C(=O)O)cc1Br. The number of carbonyl (C=O) groups is 1. The average Bonchev–Trinajstić information content (AvgIpc) is 2.22. The maximum atomic E-state index is 12.8. The van der Waals surface area contributed by atoms with Crippen LogP contribution in [0.1, 0.15) is 0 Å². The van der Waals surface area contributed by atoms with Crippen LogP contribution in [-0.4, -0.2) is 24.3 Å². The molecule has 1 rings (SSSR count). The number of carboxylic acids is 1. The van der Waals surface area contributed by atoms with Crippen LogP contribution in [0.15, 0.2) is 21.1 Å². The summed E-state index contributed by atoms with van der Waals surface area (Å²) >= 11 is 6.04. The van der Waals surface area contributed by atoms with E-state index < -0.39 is 12.1 Å². The number of alkyl halides is 2. The van der Waals surface area contributed by atoms with E-state index in [9.17, 15) is 13.6 Å². The van der Waals surface area contributed by atoms with E-state index in [1.54, 1.807) is 0 Å². The van der Waals surface area contributed by atoms with Crippen LogP contribution >= 0.6 is 31.9 Å². The Morgan fingerprint density at radius 1 is 1.29 bits per heavy atom. The van der Waals surface area contributed by atoms with E-state index in [0.29, 0.717) is 10.2 Å². The van der Waals surface area contributed by atoms with E-state index in [2.05, 4.69) is 36.6 Å². The first-order valence-corrected chi connectivity index (χ1v) is 5.69. The van der Waals surface area contributed by atoms with Gasteiger partial charge in [0.25, 0.3) is 0 Å². The fraction of sp³-hybridized carbons (Fsp3) is 0.222. The van der Waals surface area contributed by atoms with Crippen molar-refractivity contribution in [3.63, 3.8) is 0 Å². The van der Waals surface area contributed by atoms with E-state index in [-0.39, 0.29) is 10.2 Å². The van der Waals surface area contributed by atoms with Crippen molar-refractivity contribution in [2.24, 2.45) is 0 Å². The second kappa shape index (κ2) is 5.18. The summed E-state index contributed by atoms with van der Waals surface area (Å²) in [6, 6.07) is 2.55. The maximum Gasteiger partial charge on any atom is 0.501 e. The van der Waals surface area contributed by atoms with Gasteiger partial charge in [0.05, 0.1) is 16.1 Å². The third kappa shape index (κ3) is 3.29. The van der Waals surface area contributed by atoms with Crippen LogP contribution in [0.3, 0.4) is 0 Å². The van der Waals surface area contributed by atoms with Gasteiger partial charge in [0.1, 0.15) is 11.5 Å². The first-order valence-electron chi connectivity index (χ1n) is 4.11. The highest BCUT2D eigenvalue weighted by Gasteiger charge is 2.43. The van der Waals surface area contributed by atoms with Gasteiger partial charge >= 0.3 is 12.1 Å². The number of benzene rings is 1. The summed E-state index contributed by atoms with van der Waals surface area (Å²) in [5.74, 6) is -2.29. The summed E-state index contributed by atoms with van der Waals surface area (Å²) in [7, 11) is 1.40. The molecular formula is C9H6Br2F2O4. The number of rotatable bonds is 4. The molecule has 0 bridgehead atoms. The van der Waals surface area contributed by atoms with Crippen LogP contribution in [0.2, 0.25) is 0 Å². The number of carboxylic acid groups (broad SMARTS) is 1. The maximum absolute atomic E-state index is 12.8. The van der Waals surface area contributed by atoms with Crippen LogP contribution in [0, 0.1) is 0 Å². The first-order chi connectivity index (χ1) is 7.77. The highest BCUT2D eigenvalue weighted by molar-refractivity contribution is 9.11. The van der Waals surface area contributed by atoms with Gasteiger partial charge in [-0.2, -0.15) is 8.78 Å². The van der Waals surface area contributed by atoms with Crippen molar-refractivity contribution in [2.75, 3.05) is 7.11 Å². The van der Waals surface area contributed by atoms with Crippen LogP contribution in [0.4, 0.5) is 8.78 Å². The number of aliphatic carboxylic acids is 1. The fourth-order valence-electron chi connectivity index (χ4n) is 0.927. The van der Waals surface area contributed by atoms with E-state index in [4.69, 9.17) is 9.84 Å². The van der Waals surface area contributed by atoms with Gasteiger partial charge in [-0.3, -0.25) is 0 Å². The molecule has 0 saturated carbocycles. The summed E-state index contributed by atoms with van der Waals surface area (Å²) in [5.41, 5.74) is 0. The molecule has 0 amide bonds. The van der Waals surface area contributed by atoms with Gasteiger partial charge in [-0.1, -0.05) is 0 Å². The van der Waals surface area contributed by atoms with Crippen molar-refractivity contribution in [3.8, 4) is 11.5 Å². The van der Waals surface area contributed by atoms with Crippen LogP contribution < -0.4 is 9.47 Å².